The second-order valence-corrected chi connectivity index (χ2v) is 8.03. The molecule has 0 fully saturated rings. The van der Waals surface area contributed by atoms with Crippen molar-refractivity contribution in [2.24, 2.45) is 0 Å². The number of rotatable bonds is 5. The molecule has 7 heteroatoms. The van der Waals surface area contributed by atoms with E-state index < -0.39 is 10.0 Å². The number of sulfonamides is 1. The Balaban J connectivity index is 2.13. The average molecular weight is 350 g/mol. The van der Waals surface area contributed by atoms with Gasteiger partial charge in [-0.2, -0.15) is 0 Å². The molecule has 23 heavy (non-hydrogen) atoms. The molecule has 2 aromatic rings. The molecule has 0 aromatic heterocycles. The van der Waals surface area contributed by atoms with Crippen molar-refractivity contribution < 1.29 is 13.2 Å². The standard InChI is InChI=1S/C16H18N2O3S2/c1-18(2)23(20,21)15-10-6-13(7-11-15)17-16(19)12-4-8-14(22-3)9-5-12/h4-11H,1-3H3,(H,17,19). The van der Waals surface area contributed by atoms with Gasteiger partial charge in [0.2, 0.25) is 10.0 Å². The van der Waals surface area contributed by atoms with Crippen LogP contribution in [0.2, 0.25) is 0 Å². The first-order valence-corrected chi connectivity index (χ1v) is 9.49. The van der Waals surface area contributed by atoms with Crippen LogP contribution in [0.25, 0.3) is 0 Å². The molecule has 0 aliphatic carbocycles. The number of amides is 1. The largest absolute Gasteiger partial charge is 0.322 e. The van der Waals surface area contributed by atoms with E-state index in [1.165, 1.54) is 26.2 Å². The smallest absolute Gasteiger partial charge is 0.255 e. The fourth-order valence-electron chi connectivity index (χ4n) is 1.87. The zero-order valence-electron chi connectivity index (χ0n) is 13.1. The molecule has 0 spiro atoms. The number of carbonyl (C=O) groups excluding carboxylic acids is 1. The minimum Gasteiger partial charge on any atom is -0.322 e. The van der Waals surface area contributed by atoms with Gasteiger partial charge in [0.1, 0.15) is 0 Å². The first kappa shape index (κ1) is 17.5. The van der Waals surface area contributed by atoms with Crippen LogP contribution >= 0.6 is 11.8 Å². The molecule has 5 nitrogen and oxygen atoms in total. The summed E-state index contributed by atoms with van der Waals surface area (Å²) in [4.78, 5) is 13.4. The molecular weight excluding hydrogens is 332 g/mol. The van der Waals surface area contributed by atoms with E-state index in [2.05, 4.69) is 5.32 Å². The number of nitrogens with one attached hydrogen (secondary N) is 1. The van der Waals surface area contributed by atoms with Gasteiger partial charge in [0.25, 0.3) is 5.91 Å². The highest BCUT2D eigenvalue weighted by atomic mass is 32.2. The Morgan fingerprint density at radius 3 is 2.04 bits per heavy atom. The number of thioether (sulfide) groups is 1. The van der Waals surface area contributed by atoms with E-state index in [1.54, 1.807) is 36.0 Å². The highest BCUT2D eigenvalue weighted by molar-refractivity contribution is 7.98. The molecule has 0 radical (unpaired) electrons. The fraction of sp³-hybridized carbons (Fsp3) is 0.188. The number of hydrogen-bond acceptors (Lipinski definition) is 4. The molecule has 1 N–H and O–H groups in total. The zero-order chi connectivity index (χ0) is 17.0. The van der Waals surface area contributed by atoms with Gasteiger partial charge in [-0.15, -0.1) is 11.8 Å². The van der Waals surface area contributed by atoms with Gasteiger partial charge in [0, 0.05) is 30.2 Å². The Kier molecular flexibility index (Phi) is 5.46. The number of nitrogens with zero attached hydrogens (tertiary/aromatic N) is 1. The maximum atomic E-state index is 12.2. The van der Waals surface area contributed by atoms with E-state index in [0.29, 0.717) is 11.3 Å². The summed E-state index contributed by atoms with van der Waals surface area (Å²) in [6, 6.07) is 13.4. The average Bonchev–Trinajstić information content (AvgIpc) is 2.55. The van der Waals surface area contributed by atoms with E-state index in [0.717, 1.165) is 9.20 Å². The van der Waals surface area contributed by atoms with Crippen LogP contribution in [0.3, 0.4) is 0 Å². The highest BCUT2D eigenvalue weighted by Crippen LogP contribution is 2.18. The van der Waals surface area contributed by atoms with Crippen molar-refractivity contribution in [1.29, 1.82) is 0 Å². The number of benzene rings is 2. The molecule has 0 saturated carbocycles. The summed E-state index contributed by atoms with van der Waals surface area (Å²) in [5.41, 5.74) is 1.09. The van der Waals surface area contributed by atoms with Crippen molar-refractivity contribution in [2.45, 2.75) is 9.79 Å². The summed E-state index contributed by atoms with van der Waals surface area (Å²) in [6.07, 6.45) is 1.97. The Labute approximate surface area is 140 Å². The normalized spacial score (nSPS) is 11.5. The third kappa shape index (κ3) is 4.13. The minimum atomic E-state index is -3.46. The monoisotopic (exact) mass is 350 g/mol. The lowest BCUT2D eigenvalue weighted by Gasteiger charge is -2.12. The summed E-state index contributed by atoms with van der Waals surface area (Å²) in [5, 5.41) is 2.75. The van der Waals surface area contributed by atoms with E-state index in [1.807, 2.05) is 18.4 Å². The molecule has 0 atom stereocenters. The molecule has 0 aliphatic rings. The Hall–Kier alpha value is -1.83. The third-order valence-electron chi connectivity index (χ3n) is 3.24. The lowest BCUT2D eigenvalue weighted by molar-refractivity contribution is 0.102. The van der Waals surface area contributed by atoms with Crippen LogP contribution in [0.15, 0.2) is 58.3 Å². The Morgan fingerprint density at radius 2 is 1.57 bits per heavy atom. The predicted octanol–water partition coefficient (Wildman–Crippen LogP) is 2.91. The van der Waals surface area contributed by atoms with Crippen molar-refractivity contribution in [3.8, 4) is 0 Å². The van der Waals surface area contributed by atoms with Crippen molar-refractivity contribution in [1.82, 2.24) is 4.31 Å². The summed E-state index contributed by atoms with van der Waals surface area (Å²) >= 11 is 1.61. The minimum absolute atomic E-state index is 0.185. The second-order valence-electron chi connectivity index (χ2n) is 4.99. The first-order chi connectivity index (χ1) is 10.8. The molecule has 122 valence electrons. The molecule has 0 unspecified atom stereocenters. The van der Waals surface area contributed by atoms with E-state index in [-0.39, 0.29) is 10.8 Å². The van der Waals surface area contributed by atoms with E-state index in [4.69, 9.17) is 0 Å². The van der Waals surface area contributed by atoms with Gasteiger partial charge >= 0.3 is 0 Å². The summed E-state index contributed by atoms with van der Waals surface area (Å²) in [6.45, 7) is 0. The molecule has 2 aromatic carbocycles. The van der Waals surface area contributed by atoms with Crippen LogP contribution in [-0.2, 0) is 10.0 Å². The maximum absolute atomic E-state index is 12.2. The molecule has 0 saturated heterocycles. The fourth-order valence-corrected chi connectivity index (χ4v) is 3.18. The van der Waals surface area contributed by atoms with Crippen molar-refractivity contribution >= 4 is 33.4 Å². The topological polar surface area (TPSA) is 66.5 Å². The van der Waals surface area contributed by atoms with Gasteiger partial charge in [0.15, 0.2) is 0 Å². The predicted molar refractivity (Wildman–Crippen MR) is 93.5 cm³/mol. The van der Waals surface area contributed by atoms with Gasteiger partial charge in [0.05, 0.1) is 4.90 Å². The number of hydrogen-bond donors (Lipinski definition) is 1. The van der Waals surface area contributed by atoms with Gasteiger partial charge in [-0.3, -0.25) is 4.79 Å². The first-order valence-electron chi connectivity index (χ1n) is 6.82. The lowest BCUT2D eigenvalue weighted by Crippen LogP contribution is -2.22. The zero-order valence-corrected chi connectivity index (χ0v) is 14.7. The van der Waals surface area contributed by atoms with E-state index in [9.17, 15) is 13.2 Å². The number of anilines is 1. The van der Waals surface area contributed by atoms with Crippen molar-refractivity contribution in [3.63, 3.8) is 0 Å². The maximum Gasteiger partial charge on any atom is 0.255 e. The highest BCUT2D eigenvalue weighted by Gasteiger charge is 2.16. The molecule has 0 heterocycles. The van der Waals surface area contributed by atoms with Gasteiger partial charge in [-0.1, -0.05) is 0 Å². The molecule has 2 rings (SSSR count). The molecule has 0 aliphatic heterocycles. The quantitative estimate of drug-likeness (QED) is 0.842. The van der Waals surface area contributed by atoms with Crippen LogP contribution in [0.5, 0.6) is 0 Å². The number of carbonyl (C=O) groups is 1. The van der Waals surface area contributed by atoms with E-state index >= 15 is 0 Å². The van der Waals surface area contributed by atoms with Gasteiger partial charge in [-0.25, -0.2) is 12.7 Å². The molecule has 1 amide bonds. The summed E-state index contributed by atoms with van der Waals surface area (Å²) in [5.74, 6) is -0.235. The van der Waals surface area contributed by atoms with Crippen LogP contribution in [0, 0.1) is 0 Å². The lowest BCUT2D eigenvalue weighted by atomic mass is 10.2. The van der Waals surface area contributed by atoms with Crippen LogP contribution in [0.1, 0.15) is 10.4 Å². The van der Waals surface area contributed by atoms with Gasteiger partial charge < -0.3 is 5.32 Å². The van der Waals surface area contributed by atoms with Crippen molar-refractivity contribution in [3.05, 3.63) is 54.1 Å². The van der Waals surface area contributed by atoms with Crippen molar-refractivity contribution in [2.75, 3.05) is 25.7 Å². The van der Waals surface area contributed by atoms with Crippen LogP contribution in [-0.4, -0.2) is 39.0 Å². The molecular formula is C16H18N2O3S2. The Bertz CT molecular complexity index is 783. The second kappa shape index (κ2) is 7.16. The summed E-state index contributed by atoms with van der Waals surface area (Å²) in [7, 11) is -0.513. The van der Waals surface area contributed by atoms with Crippen LogP contribution < -0.4 is 5.32 Å². The third-order valence-corrected chi connectivity index (χ3v) is 5.82. The van der Waals surface area contributed by atoms with Gasteiger partial charge in [-0.05, 0) is 54.8 Å². The Morgan fingerprint density at radius 1 is 1.00 bits per heavy atom. The summed E-state index contributed by atoms with van der Waals surface area (Å²) < 4.78 is 25.1. The SMILES string of the molecule is CSc1ccc(C(=O)Nc2ccc(S(=O)(=O)N(C)C)cc2)cc1. The molecule has 0 bridgehead atoms. The van der Waals surface area contributed by atoms with Crippen LogP contribution in [0.4, 0.5) is 5.69 Å².